The Balaban J connectivity index is 0.000000160. The fraction of sp³-hybridized carbons (Fsp3) is 0.240. The van der Waals surface area contributed by atoms with Crippen LogP contribution in [0, 0.1) is 11.6 Å². The molecule has 6 nitrogen and oxygen atoms in total. The van der Waals surface area contributed by atoms with Crippen molar-refractivity contribution in [1.29, 1.82) is 0 Å². The van der Waals surface area contributed by atoms with Gasteiger partial charge in [0.15, 0.2) is 17.0 Å². The quantitative estimate of drug-likeness (QED) is 0.406. The number of pyridine rings is 2. The minimum atomic E-state index is -1.06. The molecule has 1 aliphatic rings. The summed E-state index contributed by atoms with van der Waals surface area (Å²) < 4.78 is 38.8. The summed E-state index contributed by atoms with van der Waals surface area (Å²) in [6, 6.07) is 12.0. The third-order valence-corrected chi connectivity index (χ3v) is 5.31. The zero-order chi connectivity index (χ0) is 23.5. The molecule has 8 heteroatoms. The summed E-state index contributed by atoms with van der Waals surface area (Å²) in [5.74, 6) is -2.64. The van der Waals surface area contributed by atoms with Crippen LogP contribution in [0.1, 0.15) is 36.2 Å². The SMILES string of the molecule is CCOC(=O)c1cnc2ccccc2c1.COc1c(F)c(F)cc2c(=O)ccn(C3CC3)c12. The molecular weight excluding hydrogens is 430 g/mol. The number of halogens is 2. The minimum absolute atomic E-state index is 0.153. The Hall–Kier alpha value is -3.81. The number of carbonyl (C=O) groups is 1. The van der Waals surface area contributed by atoms with Crippen molar-refractivity contribution >= 4 is 27.8 Å². The highest BCUT2D eigenvalue weighted by Crippen LogP contribution is 2.39. The second kappa shape index (κ2) is 9.36. The lowest BCUT2D eigenvalue weighted by Gasteiger charge is -2.13. The number of benzene rings is 2. The van der Waals surface area contributed by atoms with E-state index in [4.69, 9.17) is 9.47 Å². The molecule has 1 fully saturated rings. The monoisotopic (exact) mass is 452 g/mol. The van der Waals surface area contributed by atoms with Crippen LogP contribution in [0.5, 0.6) is 5.75 Å². The van der Waals surface area contributed by atoms with Gasteiger partial charge in [-0.05, 0) is 38.0 Å². The lowest BCUT2D eigenvalue weighted by molar-refractivity contribution is 0.0526. The number of fused-ring (bicyclic) bond motifs is 2. The first kappa shape index (κ1) is 22.4. The number of esters is 1. The van der Waals surface area contributed by atoms with Crippen molar-refractivity contribution in [2.45, 2.75) is 25.8 Å². The molecule has 4 aromatic rings. The first-order valence-corrected chi connectivity index (χ1v) is 10.5. The zero-order valence-electron chi connectivity index (χ0n) is 18.2. The molecule has 0 atom stereocenters. The van der Waals surface area contributed by atoms with Crippen molar-refractivity contribution in [3.8, 4) is 5.75 Å². The molecule has 2 aromatic carbocycles. The molecule has 5 rings (SSSR count). The van der Waals surface area contributed by atoms with Gasteiger partial charge in [0.05, 0.1) is 35.7 Å². The fourth-order valence-corrected chi connectivity index (χ4v) is 3.59. The lowest BCUT2D eigenvalue weighted by Crippen LogP contribution is -2.10. The number of ether oxygens (including phenoxy) is 2. The van der Waals surface area contributed by atoms with Crippen LogP contribution in [0.2, 0.25) is 0 Å². The number of hydrogen-bond acceptors (Lipinski definition) is 5. The molecule has 0 N–H and O–H groups in total. The first-order chi connectivity index (χ1) is 15.9. The molecule has 33 heavy (non-hydrogen) atoms. The average molecular weight is 452 g/mol. The Kier molecular flexibility index (Phi) is 6.35. The second-order valence-corrected chi connectivity index (χ2v) is 7.56. The van der Waals surface area contributed by atoms with Gasteiger partial charge in [-0.25, -0.2) is 9.18 Å². The number of hydrogen-bond donors (Lipinski definition) is 0. The summed E-state index contributed by atoms with van der Waals surface area (Å²) in [4.78, 5) is 27.4. The van der Waals surface area contributed by atoms with Crippen LogP contribution in [0.3, 0.4) is 0 Å². The average Bonchev–Trinajstić information content (AvgIpc) is 3.66. The molecule has 0 saturated heterocycles. The molecule has 1 saturated carbocycles. The zero-order valence-corrected chi connectivity index (χ0v) is 18.2. The maximum absolute atomic E-state index is 13.7. The highest BCUT2D eigenvalue weighted by molar-refractivity contribution is 5.93. The normalized spacial score (nSPS) is 12.8. The molecule has 0 amide bonds. The van der Waals surface area contributed by atoms with E-state index in [-0.39, 0.29) is 28.6 Å². The van der Waals surface area contributed by atoms with E-state index in [1.165, 1.54) is 13.2 Å². The molecule has 0 aliphatic heterocycles. The topological polar surface area (TPSA) is 70.4 Å². The Bertz CT molecular complexity index is 1400. The van der Waals surface area contributed by atoms with Gasteiger partial charge in [-0.1, -0.05) is 18.2 Å². The van der Waals surface area contributed by atoms with Gasteiger partial charge in [0, 0.05) is 29.9 Å². The summed E-state index contributed by atoms with van der Waals surface area (Å²) in [5, 5.41) is 1.10. The van der Waals surface area contributed by atoms with Crippen LogP contribution < -0.4 is 10.2 Å². The maximum Gasteiger partial charge on any atom is 0.339 e. The Morgan fingerprint density at radius 3 is 2.64 bits per heavy atom. The van der Waals surface area contributed by atoms with E-state index in [0.717, 1.165) is 29.8 Å². The standard InChI is InChI=1S/C13H11F2NO2.C12H11NO2/c1-18-13-11(15)9(14)6-8-10(17)4-5-16(12(8)13)7-2-3-7;1-2-15-12(14)10-7-9-5-3-4-6-11(9)13-8-10/h4-7H,2-3H2,1H3;3-8H,2H2,1H3. The largest absolute Gasteiger partial charge is 0.491 e. The van der Waals surface area contributed by atoms with Crippen molar-refractivity contribution in [1.82, 2.24) is 9.55 Å². The predicted octanol–water partition coefficient (Wildman–Crippen LogP) is 5.03. The molecule has 2 aromatic heterocycles. The number of rotatable bonds is 4. The summed E-state index contributed by atoms with van der Waals surface area (Å²) >= 11 is 0. The molecular formula is C25H22F2N2O4. The minimum Gasteiger partial charge on any atom is -0.491 e. The molecule has 0 spiro atoms. The van der Waals surface area contributed by atoms with Crippen LogP contribution >= 0.6 is 0 Å². The van der Waals surface area contributed by atoms with Gasteiger partial charge in [0.1, 0.15) is 0 Å². The highest BCUT2D eigenvalue weighted by atomic mass is 19.2. The van der Waals surface area contributed by atoms with E-state index < -0.39 is 11.6 Å². The molecule has 0 bridgehead atoms. The Morgan fingerprint density at radius 1 is 1.18 bits per heavy atom. The van der Waals surface area contributed by atoms with Gasteiger partial charge in [0.2, 0.25) is 5.82 Å². The lowest BCUT2D eigenvalue weighted by atomic mass is 10.1. The summed E-state index contributed by atoms with van der Waals surface area (Å²) in [7, 11) is 1.27. The van der Waals surface area contributed by atoms with Gasteiger partial charge < -0.3 is 14.0 Å². The Labute approximate surface area is 188 Å². The molecule has 0 unspecified atom stereocenters. The van der Waals surface area contributed by atoms with Crippen molar-refractivity contribution in [3.05, 3.63) is 82.3 Å². The third-order valence-electron chi connectivity index (χ3n) is 5.31. The van der Waals surface area contributed by atoms with E-state index in [1.807, 2.05) is 24.3 Å². The second-order valence-electron chi connectivity index (χ2n) is 7.56. The smallest absolute Gasteiger partial charge is 0.339 e. The van der Waals surface area contributed by atoms with Crippen LogP contribution in [-0.2, 0) is 4.74 Å². The summed E-state index contributed by atoms with van der Waals surface area (Å²) in [6.07, 6.45) is 5.10. The number of carbonyl (C=O) groups excluding carboxylic acids is 1. The number of methoxy groups -OCH3 is 1. The van der Waals surface area contributed by atoms with Crippen molar-refractivity contribution in [2.75, 3.05) is 13.7 Å². The van der Waals surface area contributed by atoms with Gasteiger partial charge >= 0.3 is 5.97 Å². The Morgan fingerprint density at radius 2 is 1.94 bits per heavy atom. The predicted molar refractivity (Wildman–Crippen MR) is 121 cm³/mol. The van der Waals surface area contributed by atoms with E-state index in [0.29, 0.717) is 17.7 Å². The third kappa shape index (κ3) is 4.55. The van der Waals surface area contributed by atoms with Crippen molar-refractivity contribution < 1.29 is 23.0 Å². The van der Waals surface area contributed by atoms with E-state index in [2.05, 4.69) is 4.98 Å². The molecule has 2 heterocycles. The van der Waals surface area contributed by atoms with E-state index in [1.54, 1.807) is 30.0 Å². The number of para-hydroxylation sites is 1. The molecule has 170 valence electrons. The van der Waals surface area contributed by atoms with E-state index >= 15 is 0 Å². The van der Waals surface area contributed by atoms with Crippen LogP contribution in [-0.4, -0.2) is 29.2 Å². The van der Waals surface area contributed by atoms with Crippen LogP contribution in [0.15, 0.2) is 59.7 Å². The summed E-state index contributed by atoms with van der Waals surface area (Å²) in [5.41, 5.74) is 1.38. The van der Waals surface area contributed by atoms with Crippen molar-refractivity contribution in [3.63, 3.8) is 0 Å². The van der Waals surface area contributed by atoms with Gasteiger partial charge in [-0.15, -0.1) is 0 Å². The van der Waals surface area contributed by atoms with Crippen LogP contribution in [0.25, 0.3) is 21.8 Å². The summed E-state index contributed by atoms with van der Waals surface area (Å²) in [6.45, 7) is 2.16. The van der Waals surface area contributed by atoms with Gasteiger partial charge in [-0.2, -0.15) is 4.39 Å². The first-order valence-electron chi connectivity index (χ1n) is 10.5. The number of aromatic nitrogens is 2. The highest BCUT2D eigenvalue weighted by Gasteiger charge is 2.27. The fourth-order valence-electron chi connectivity index (χ4n) is 3.59. The molecule has 0 radical (unpaired) electrons. The molecule has 1 aliphatic carbocycles. The number of nitrogens with zero attached hydrogens (tertiary/aromatic N) is 2. The van der Waals surface area contributed by atoms with Gasteiger partial charge in [0.25, 0.3) is 0 Å². The van der Waals surface area contributed by atoms with Crippen molar-refractivity contribution in [2.24, 2.45) is 0 Å². The van der Waals surface area contributed by atoms with Gasteiger partial charge in [-0.3, -0.25) is 9.78 Å². The van der Waals surface area contributed by atoms with Crippen LogP contribution in [0.4, 0.5) is 8.78 Å². The van der Waals surface area contributed by atoms with E-state index in [9.17, 15) is 18.4 Å². The maximum atomic E-state index is 13.7.